The van der Waals surface area contributed by atoms with Gasteiger partial charge in [0.2, 0.25) is 0 Å². The minimum Gasteiger partial charge on any atom is -0.212 e. The van der Waals surface area contributed by atoms with Crippen LogP contribution in [0.25, 0.3) is 0 Å². The molecular formula is C6H5BF2. The molecule has 0 aliphatic heterocycles. The molecule has 2 radical (unpaired) electrons. The van der Waals surface area contributed by atoms with Crippen molar-refractivity contribution >= 4 is 7.85 Å². The summed E-state index contributed by atoms with van der Waals surface area (Å²) in [5.74, 6) is -1.74. The van der Waals surface area contributed by atoms with Crippen LogP contribution in [0.3, 0.4) is 0 Å². The van der Waals surface area contributed by atoms with Gasteiger partial charge in [0.05, 0.1) is 13.7 Å². The van der Waals surface area contributed by atoms with Crippen LogP contribution in [0, 0.1) is 0 Å². The smallest absolute Gasteiger partial charge is 0.121 e. The molecule has 0 fully saturated rings. The number of hydrogen-bond acceptors (Lipinski definition) is 0. The summed E-state index contributed by atoms with van der Waals surface area (Å²) in [5, 5.41) is 0. The van der Waals surface area contributed by atoms with Gasteiger partial charge in [-0.3, -0.25) is 0 Å². The molecular weight excluding hydrogens is 121 g/mol. The quantitative estimate of drug-likeness (QED) is 0.435. The molecule has 0 heterocycles. The van der Waals surface area contributed by atoms with Crippen molar-refractivity contribution in [2.24, 2.45) is 0 Å². The summed E-state index contributed by atoms with van der Waals surface area (Å²) in [6.07, 6.45) is 2.34. The summed E-state index contributed by atoms with van der Waals surface area (Å²) in [5.41, 5.74) is 0. The fourth-order valence-electron chi connectivity index (χ4n) is 0.650. The molecule has 0 saturated carbocycles. The van der Waals surface area contributed by atoms with Crippen molar-refractivity contribution < 1.29 is 8.78 Å². The topological polar surface area (TPSA) is 0 Å². The maximum Gasteiger partial charge on any atom is 0.121 e. The first-order valence-corrected chi connectivity index (χ1v) is 2.68. The van der Waals surface area contributed by atoms with E-state index in [0.29, 0.717) is 0 Å². The van der Waals surface area contributed by atoms with Gasteiger partial charge in [0.15, 0.2) is 0 Å². The van der Waals surface area contributed by atoms with Crippen molar-refractivity contribution in [1.82, 2.24) is 0 Å². The van der Waals surface area contributed by atoms with E-state index in [4.69, 9.17) is 7.85 Å². The lowest BCUT2D eigenvalue weighted by molar-refractivity contribution is 0.558. The number of allylic oxidation sites excluding steroid dienone is 4. The average Bonchev–Trinajstić information content (AvgIpc) is 1.80. The zero-order valence-corrected chi connectivity index (χ0v) is 4.77. The second kappa shape index (κ2) is 2.34. The molecule has 1 unspecified atom stereocenters. The molecule has 46 valence electrons. The summed E-state index contributed by atoms with van der Waals surface area (Å²) in [7, 11) is 5.19. The maximum absolute atomic E-state index is 12.3. The number of rotatable bonds is 0. The van der Waals surface area contributed by atoms with Crippen molar-refractivity contribution in [2.45, 2.75) is 12.2 Å². The summed E-state index contributed by atoms with van der Waals surface area (Å²) < 4.78 is 24.4. The second-order valence-electron chi connectivity index (χ2n) is 1.96. The Balaban J connectivity index is 2.74. The van der Waals surface area contributed by atoms with Gasteiger partial charge >= 0.3 is 0 Å². The fraction of sp³-hybridized carbons (Fsp3) is 0.333. The van der Waals surface area contributed by atoms with E-state index < -0.39 is 17.5 Å². The Bertz CT molecular complexity index is 172. The van der Waals surface area contributed by atoms with Crippen molar-refractivity contribution in [3.63, 3.8) is 0 Å². The number of hydrogen-bond donors (Lipinski definition) is 0. The maximum atomic E-state index is 12.3. The Hall–Kier alpha value is -0.595. The molecule has 1 aliphatic rings. The molecule has 0 aromatic rings. The second-order valence-corrected chi connectivity index (χ2v) is 1.96. The average molecular weight is 126 g/mol. The van der Waals surface area contributed by atoms with E-state index in [2.05, 4.69) is 0 Å². The van der Waals surface area contributed by atoms with Gasteiger partial charge in [0.25, 0.3) is 0 Å². The zero-order valence-electron chi connectivity index (χ0n) is 4.77. The lowest BCUT2D eigenvalue weighted by Gasteiger charge is -2.09. The van der Waals surface area contributed by atoms with Crippen molar-refractivity contribution in [3.8, 4) is 0 Å². The molecule has 0 saturated heterocycles. The minimum absolute atomic E-state index is 0.258. The van der Waals surface area contributed by atoms with Crippen LogP contribution in [0.4, 0.5) is 8.78 Å². The zero-order chi connectivity index (χ0) is 6.85. The SMILES string of the molecule is [B]C1CC=C(F)C=C1F. The van der Waals surface area contributed by atoms with Crippen LogP contribution in [-0.4, -0.2) is 7.85 Å². The standard InChI is InChI=1S/C6H5BF2/c7-5-2-1-4(8)3-6(5)9/h1,3,5H,2H2. The third-order valence-corrected chi connectivity index (χ3v) is 1.20. The van der Waals surface area contributed by atoms with Crippen LogP contribution in [-0.2, 0) is 0 Å². The molecule has 0 bridgehead atoms. The molecule has 0 nitrogen and oxygen atoms in total. The van der Waals surface area contributed by atoms with Gasteiger partial charge in [-0.15, -0.1) is 0 Å². The predicted octanol–water partition coefficient (Wildman–Crippen LogP) is 2.05. The summed E-state index contributed by atoms with van der Waals surface area (Å²) >= 11 is 0. The Morgan fingerprint density at radius 1 is 1.56 bits per heavy atom. The normalized spacial score (nSPS) is 27.1. The Kier molecular flexibility index (Phi) is 1.69. The van der Waals surface area contributed by atoms with E-state index in [1.807, 2.05) is 0 Å². The minimum atomic E-state index is -0.635. The van der Waals surface area contributed by atoms with Crippen LogP contribution in [0.15, 0.2) is 23.8 Å². The van der Waals surface area contributed by atoms with Gasteiger partial charge in [-0.05, 0) is 18.3 Å². The van der Waals surface area contributed by atoms with Crippen LogP contribution in [0.1, 0.15) is 6.42 Å². The van der Waals surface area contributed by atoms with Crippen LogP contribution < -0.4 is 0 Å². The third-order valence-electron chi connectivity index (χ3n) is 1.20. The molecule has 0 amide bonds. The van der Waals surface area contributed by atoms with Gasteiger partial charge in [-0.2, -0.15) is 0 Å². The van der Waals surface area contributed by atoms with Gasteiger partial charge in [-0.25, -0.2) is 8.78 Å². The van der Waals surface area contributed by atoms with Crippen molar-refractivity contribution in [1.29, 1.82) is 0 Å². The van der Waals surface area contributed by atoms with Crippen molar-refractivity contribution in [2.75, 3.05) is 0 Å². The van der Waals surface area contributed by atoms with Crippen LogP contribution in [0.5, 0.6) is 0 Å². The van der Waals surface area contributed by atoms with Crippen molar-refractivity contribution in [3.05, 3.63) is 23.8 Å². The fourth-order valence-corrected chi connectivity index (χ4v) is 0.650. The molecule has 1 atom stereocenters. The lowest BCUT2D eigenvalue weighted by Crippen LogP contribution is -1.95. The molecule has 1 rings (SSSR count). The highest BCUT2D eigenvalue weighted by atomic mass is 19.1. The van der Waals surface area contributed by atoms with Crippen LogP contribution in [0.2, 0.25) is 5.82 Å². The summed E-state index contributed by atoms with van der Waals surface area (Å²) in [6, 6.07) is 0. The highest BCUT2D eigenvalue weighted by Gasteiger charge is 2.11. The van der Waals surface area contributed by atoms with E-state index in [9.17, 15) is 8.78 Å². The largest absolute Gasteiger partial charge is 0.212 e. The molecule has 0 aromatic heterocycles. The molecule has 0 N–H and O–H groups in total. The number of halogens is 2. The van der Waals surface area contributed by atoms with E-state index in [1.165, 1.54) is 6.08 Å². The van der Waals surface area contributed by atoms with Gasteiger partial charge in [0.1, 0.15) is 5.83 Å². The van der Waals surface area contributed by atoms with Gasteiger partial charge < -0.3 is 0 Å². The molecule has 0 aromatic carbocycles. The van der Waals surface area contributed by atoms with E-state index in [-0.39, 0.29) is 6.42 Å². The van der Waals surface area contributed by atoms with Crippen LogP contribution >= 0.6 is 0 Å². The van der Waals surface area contributed by atoms with E-state index in [1.54, 1.807) is 0 Å². The molecule has 3 heteroatoms. The summed E-state index contributed by atoms with van der Waals surface area (Å²) in [4.78, 5) is 0. The Labute approximate surface area is 53.7 Å². The van der Waals surface area contributed by atoms with E-state index >= 15 is 0 Å². The first-order valence-electron chi connectivity index (χ1n) is 2.68. The molecule has 9 heavy (non-hydrogen) atoms. The Morgan fingerprint density at radius 2 is 2.22 bits per heavy atom. The monoisotopic (exact) mass is 126 g/mol. The molecule has 1 aliphatic carbocycles. The highest BCUT2D eigenvalue weighted by molar-refractivity contribution is 6.13. The highest BCUT2D eigenvalue weighted by Crippen LogP contribution is 2.27. The van der Waals surface area contributed by atoms with E-state index in [0.717, 1.165) is 6.08 Å². The summed E-state index contributed by atoms with van der Waals surface area (Å²) in [6.45, 7) is 0. The first-order chi connectivity index (χ1) is 4.20. The molecule has 0 spiro atoms. The predicted molar refractivity (Wildman–Crippen MR) is 32.5 cm³/mol. The lowest BCUT2D eigenvalue weighted by atomic mass is 9.81. The Morgan fingerprint density at radius 3 is 2.67 bits per heavy atom. The first kappa shape index (κ1) is 6.52. The van der Waals surface area contributed by atoms with Gasteiger partial charge in [-0.1, -0.05) is 0 Å². The van der Waals surface area contributed by atoms with Gasteiger partial charge in [0, 0.05) is 6.08 Å². The third kappa shape index (κ3) is 1.41.